The van der Waals surface area contributed by atoms with Crippen LogP contribution in [-0.2, 0) is 17.2 Å². The molecule has 0 N–H and O–H groups in total. The maximum Gasteiger partial charge on any atom is 0.272 e. The lowest BCUT2D eigenvalue weighted by Crippen LogP contribution is -2.50. The summed E-state index contributed by atoms with van der Waals surface area (Å²) in [5.74, 6) is 1.03. The van der Waals surface area contributed by atoms with Gasteiger partial charge in [0.25, 0.3) is 11.8 Å². The van der Waals surface area contributed by atoms with Crippen LogP contribution in [0, 0.1) is 0 Å². The summed E-state index contributed by atoms with van der Waals surface area (Å²) in [6, 6.07) is 3.66. The molecule has 0 aromatic carbocycles. The van der Waals surface area contributed by atoms with Crippen molar-refractivity contribution in [2.45, 2.75) is 24.7 Å². The van der Waals surface area contributed by atoms with Crippen molar-refractivity contribution in [2.75, 3.05) is 26.8 Å². The predicted molar refractivity (Wildman–Crippen MR) is 104 cm³/mol. The molecule has 4 rings (SSSR count). The number of methoxy groups -OCH3 is 1. The molecule has 1 amide bonds. The molecule has 9 nitrogen and oxygen atoms in total. The van der Waals surface area contributed by atoms with Crippen molar-refractivity contribution in [1.82, 2.24) is 29.6 Å². The normalized spacial score (nSPS) is 19.4. The van der Waals surface area contributed by atoms with E-state index in [0.29, 0.717) is 43.5 Å². The Labute approximate surface area is 168 Å². The van der Waals surface area contributed by atoms with Crippen LogP contribution in [0.1, 0.15) is 35.6 Å². The molecule has 0 aliphatic carbocycles. The number of aryl methyl sites for hydroxylation is 1. The first-order valence-corrected chi connectivity index (χ1v) is 9.62. The Morgan fingerprint density at radius 1 is 1.31 bits per heavy atom. The van der Waals surface area contributed by atoms with E-state index in [0.717, 1.165) is 18.4 Å². The zero-order valence-corrected chi connectivity index (χ0v) is 16.6. The lowest BCUT2D eigenvalue weighted by Gasteiger charge is -2.40. The number of rotatable bonds is 6. The van der Waals surface area contributed by atoms with Crippen LogP contribution in [-0.4, -0.2) is 62.3 Å². The molecule has 1 saturated heterocycles. The third kappa shape index (κ3) is 3.77. The lowest BCUT2D eigenvalue weighted by atomic mass is 9.76. The summed E-state index contributed by atoms with van der Waals surface area (Å²) in [5.41, 5.74) is 0.967. The Bertz CT molecular complexity index is 970. The number of likely N-dealkylation sites (tertiary alicyclic amines) is 1. The predicted octanol–water partition coefficient (Wildman–Crippen LogP) is 2.08. The van der Waals surface area contributed by atoms with Gasteiger partial charge in [-0.2, -0.15) is 4.98 Å². The summed E-state index contributed by atoms with van der Waals surface area (Å²) < 4.78 is 12.6. The molecule has 0 spiro atoms. The number of aromatic nitrogens is 5. The van der Waals surface area contributed by atoms with Gasteiger partial charge in [0.15, 0.2) is 5.82 Å². The number of hydrogen-bond donors (Lipinski definition) is 0. The Hall–Kier alpha value is -3.07. The molecule has 1 unspecified atom stereocenters. The number of hydrogen-bond acceptors (Lipinski definition) is 7. The first-order valence-electron chi connectivity index (χ1n) is 9.62. The van der Waals surface area contributed by atoms with E-state index >= 15 is 0 Å². The van der Waals surface area contributed by atoms with Crippen molar-refractivity contribution >= 4 is 5.91 Å². The second-order valence-electron chi connectivity index (χ2n) is 7.40. The summed E-state index contributed by atoms with van der Waals surface area (Å²) in [6.07, 6.45) is 9.03. The Morgan fingerprint density at radius 3 is 2.86 bits per heavy atom. The Morgan fingerprint density at radius 2 is 2.14 bits per heavy atom. The molecule has 0 saturated carbocycles. The molecule has 0 bridgehead atoms. The molecule has 1 aliphatic rings. The number of piperidine rings is 1. The Kier molecular flexibility index (Phi) is 5.39. The smallest absolute Gasteiger partial charge is 0.272 e. The molecule has 1 fully saturated rings. The van der Waals surface area contributed by atoms with Crippen LogP contribution in [0.5, 0.6) is 0 Å². The van der Waals surface area contributed by atoms with Gasteiger partial charge < -0.3 is 18.7 Å². The molecule has 1 aliphatic heterocycles. The van der Waals surface area contributed by atoms with Crippen molar-refractivity contribution in [3.8, 4) is 11.5 Å². The fourth-order valence-electron chi connectivity index (χ4n) is 3.88. The second-order valence-corrected chi connectivity index (χ2v) is 7.40. The van der Waals surface area contributed by atoms with Gasteiger partial charge in [-0.15, -0.1) is 0 Å². The standard InChI is InChI=1S/C20H24N6O3/c1-25-14-22-12-16(25)18(27)26-10-3-6-20(13-26,7-11-28-2)19-23-17(29-24-19)15-4-8-21-9-5-15/h4-5,8-9,12,14H,3,6-7,10-11,13H2,1-2H3. The van der Waals surface area contributed by atoms with Crippen LogP contribution < -0.4 is 0 Å². The minimum atomic E-state index is -0.419. The first-order chi connectivity index (χ1) is 14.1. The van der Waals surface area contributed by atoms with Crippen molar-refractivity contribution < 1.29 is 14.1 Å². The molecule has 1 atom stereocenters. The minimum Gasteiger partial charge on any atom is -0.385 e. The zero-order chi connectivity index (χ0) is 20.3. The fraction of sp³-hybridized carbons (Fsp3) is 0.450. The van der Waals surface area contributed by atoms with E-state index in [-0.39, 0.29) is 5.91 Å². The van der Waals surface area contributed by atoms with Crippen LogP contribution in [0.3, 0.4) is 0 Å². The third-order valence-corrected chi connectivity index (χ3v) is 5.51. The topological polar surface area (TPSA) is 99.2 Å². The van der Waals surface area contributed by atoms with Gasteiger partial charge >= 0.3 is 0 Å². The summed E-state index contributed by atoms with van der Waals surface area (Å²) in [7, 11) is 3.50. The maximum atomic E-state index is 13.1. The maximum absolute atomic E-state index is 13.1. The van der Waals surface area contributed by atoms with E-state index in [9.17, 15) is 4.79 Å². The van der Waals surface area contributed by atoms with E-state index in [4.69, 9.17) is 9.26 Å². The van der Waals surface area contributed by atoms with Crippen LogP contribution in [0.15, 0.2) is 41.6 Å². The lowest BCUT2D eigenvalue weighted by molar-refractivity contribution is 0.0558. The number of imidazole rings is 1. The van der Waals surface area contributed by atoms with Gasteiger partial charge in [-0.25, -0.2) is 4.98 Å². The van der Waals surface area contributed by atoms with Crippen LogP contribution in [0.2, 0.25) is 0 Å². The minimum absolute atomic E-state index is 0.0376. The summed E-state index contributed by atoms with van der Waals surface area (Å²) >= 11 is 0. The van der Waals surface area contributed by atoms with Gasteiger partial charge in [0, 0.05) is 51.8 Å². The van der Waals surface area contributed by atoms with Crippen molar-refractivity contribution in [3.05, 3.63) is 48.6 Å². The average molecular weight is 396 g/mol. The highest BCUT2D eigenvalue weighted by Gasteiger charge is 2.42. The second kappa shape index (κ2) is 8.12. The fourth-order valence-corrected chi connectivity index (χ4v) is 3.88. The van der Waals surface area contributed by atoms with E-state index in [1.807, 2.05) is 24.1 Å². The van der Waals surface area contributed by atoms with Gasteiger partial charge in [-0.3, -0.25) is 9.78 Å². The van der Waals surface area contributed by atoms with Gasteiger partial charge in [0.2, 0.25) is 0 Å². The van der Waals surface area contributed by atoms with Crippen molar-refractivity contribution in [2.24, 2.45) is 7.05 Å². The average Bonchev–Trinajstić information content (AvgIpc) is 3.42. The van der Waals surface area contributed by atoms with Crippen molar-refractivity contribution in [3.63, 3.8) is 0 Å². The SMILES string of the molecule is COCCC1(c2noc(-c3ccncc3)n2)CCCN(C(=O)c2cncn2C)C1. The van der Waals surface area contributed by atoms with Crippen LogP contribution in [0.4, 0.5) is 0 Å². The number of carbonyl (C=O) groups excluding carboxylic acids is 1. The highest BCUT2D eigenvalue weighted by molar-refractivity contribution is 5.92. The zero-order valence-electron chi connectivity index (χ0n) is 16.6. The van der Waals surface area contributed by atoms with E-state index in [1.54, 1.807) is 36.6 Å². The molecule has 9 heteroatoms. The summed E-state index contributed by atoms with van der Waals surface area (Å²) in [5, 5.41) is 4.30. The van der Waals surface area contributed by atoms with Gasteiger partial charge in [-0.1, -0.05) is 5.16 Å². The monoisotopic (exact) mass is 396 g/mol. The highest BCUT2D eigenvalue weighted by Crippen LogP contribution is 2.37. The van der Waals surface area contributed by atoms with Gasteiger partial charge in [0.1, 0.15) is 5.69 Å². The summed E-state index contributed by atoms with van der Waals surface area (Å²) in [6.45, 7) is 1.75. The number of pyridine rings is 1. The van der Waals surface area contributed by atoms with E-state index in [2.05, 4.69) is 20.1 Å². The molecular weight excluding hydrogens is 372 g/mol. The Balaban J connectivity index is 1.64. The number of carbonyl (C=O) groups is 1. The number of amides is 1. The molecule has 3 aromatic rings. The quantitative estimate of drug-likeness (QED) is 0.629. The van der Waals surface area contributed by atoms with E-state index < -0.39 is 5.41 Å². The largest absolute Gasteiger partial charge is 0.385 e. The summed E-state index contributed by atoms with van der Waals surface area (Å²) in [4.78, 5) is 27.7. The number of ether oxygens (including phenoxy) is 1. The molecule has 3 aromatic heterocycles. The van der Waals surface area contributed by atoms with E-state index in [1.165, 1.54) is 0 Å². The van der Waals surface area contributed by atoms with Crippen molar-refractivity contribution in [1.29, 1.82) is 0 Å². The van der Waals surface area contributed by atoms with Crippen LogP contribution in [0.25, 0.3) is 11.5 Å². The molecule has 4 heterocycles. The molecular formula is C20H24N6O3. The number of nitrogens with zero attached hydrogens (tertiary/aromatic N) is 6. The van der Waals surface area contributed by atoms with Crippen LogP contribution >= 0.6 is 0 Å². The third-order valence-electron chi connectivity index (χ3n) is 5.51. The van der Waals surface area contributed by atoms with Gasteiger partial charge in [0.05, 0.1) is 17.9 Å². The molecule has 29 heavy (non-hydrogen) atoms. The molecule has 0 radical (unpaired) electrons. The molecule has 152 valence electrons. The van der Waals surface area contributed by atoms with Gasteiger partial charge in [-0.05, 0) is 31.4 Å². The highest BCUT2D eigenvalue weighted by atomic mass is 16.5. The first kappa shape index (κ1) is 19.3.